The molecule has 1 unspecified atom stereocenters. The van der Waals surface area contributed by atoms with Crippen LogP contribution in [-0.4, -0.2) is 45.7 Å². The minimum Gasteiger partial charge on any atom is -0.472 e. The molecule has 0 bridgehead atoms. The van der Waals surface area contributed by atoms with Crippen LogP contribution in [0.15, 0.2) is 41.4 Å². The molecular weight excluding hydrogens is 341 g/mol. The number of benzene rings is 1. The minimum atomic E-state index is -0.272. The maximum absolute atomic E-state index is 12.9. The second kappa shape index (κ2) is 8.29. The largest absolute Gasteiger partial charge is 0.472 e. The molecule has 1 aromatic heterocycles. The molecule has 25 heavy (non-hydrogen) atoms. The van der Waals surface area contributed by atoms with Gasteiger partial charge in [-0.3, -0.25) is 4.79 Å². The summed E-state index contributed by atoms with van der Waals surface area (Å²) < 4.78 is 18.8. The molecule has 0 aliphatic carbocycles. The van der Waals surface area contributed by atoms with Crippen molar-refractivity contribution >= 4 is 17.7 Å². The standard InChI is InChI=1S/C18H20FN3O2S/c1-13-20-9-8-17(21-13)24-15-3-2-10-22(11-15)18(23)12-25-16-6-4-14(19)5-7-16/h4-9,15H,2-3,10-12H2,1H3. The first-order chi connectivity index (χ1) is 12.1. The van der Waals surface area contributed by atoms with Gasteiger partial charge in [-0.05, 0) is 44.0 Å². The Hall–Kier alpha value is -2.15. The number of amides is 1. The van der Waals surface area contributed by atoms with E-state index in [-0.39, 0.29) is 17.8 Å². The van der Waals surface area contributed by atoms with E-state index < -0.39 is 0 Å². The highest BCUT2D eigenvalue weighted by molar-refractivity contribution is 8.00. The average molecular weight is 361 g/mol. The SMILES string of the molecule is Cc1nccc(OC2CCCN(C(=O)CSc3ccc(F)cc3)C2)n1. The summed E-state index contributed by atoms with van der Waals surface area (Å²) in [6, 6.07) is 7.92. The molecule has 1 saturated heterocycles. The summed E-state index contributed by atoms with van der Waals surface area (Å²) >= 11 is 1.42. The minimum absolute atomic E-state index is 0.0529. The first-order valence-electron chi connectivity index (χ1n) is 8.22. The van der Waals surface area contributed by atoms with Crippen LogP contribution in [0.2, 0.25) is 0 Å². The van der Waals surface area contributed by atoms with Gasteiger partial charge < -0.3 is 9.64 Å². The van der Waals surface area contributed by atoms with Crippen LogP contribution in [0, 0.1) is 12.7 Å². The number of carbonyl (C=O) groups excluding carboxylic acids is 1. The van der Waals surface area contributed by atoms with E-state index in [4.69, 9.17) is 4.74 Å². The van der Waals surface area contributed by atoms with Gasteiger partial charge in [-0.2, -0.15) is 4.98 Å². The molecule has 0 saturated carbocycles. The van der Waals surface area contributed by atoms with Crippen LogP contribution in [0.3, 0.4) is 0 Å². The van der Waals surface area contributed by atoms with Crippen molar-refractivity contribution in [1.82, 2.24) is 14.9 Å². The van der Waals surface area contributed by atoms with Gasteiger partial charge in [0.1, 0.15) is 17.7 Å². The molecule has 2 heterocycles. The smallest absolute Gasteiger partial charge is 0.233 e. The lowest BCUT2D eigenvalue weighted by molar-refractivity contribution is -0.130. The second-order valence-corrected chi connectivity index (χ2v) is 6.96. The highest BCUT2D eigenvalue weighted by Crippen LogP contribution is 2.21. The number of hydrogen-bond acceptors (Lipinski definition) is 5. The molecule has 3 rings (SSSR count). The number of likely N-dealkylation sites (tertiary alicyclic amines) is 1. The molecule has 2 aromatic rings. The summed E-state index contributed by atoms with van der Waals surface area (Å²) in [7, 11) is 0. The Balaban J connectivity index is 1.51. The predicted octanol–water partition coefficient (Wildman–Crippen LogP) is 3.09. The van der Waals surface area contributed by atoms with E-state index in [1.54, 1.807) is 24.4 Å². The van der Waals surface area contributed by atoms with E-state index >= 15 is 0 Å². The summed E-state index contributed by atoms with van der Waals surface area (Å²) in [5, 5.41) is 0. The third-order valence-corrected chi connectivity index (χ3v) is 4.94. The van der Waals surface area contributed by atoms with Gasteiger partial charge >= 0.3 is 0 Å². The second-order valence-electron chi connectivity index (χ2n) is 5.91. The maximum Gasteiger partial charge on any atom is 0.233 e. The Kier molecular flexibility index (Phi) is 5.86. The molecule has 7 heteroatoms. The number of aryl methyl sites for hydroxylation is 1. The molecule has 0 spiro atoms. The van der Waals surface area contributed by atoms with Crippen molar-refractivity contribution in [3.63, 3.8) is 0 Å². The van der Waals surface area contributed by atoms with E-state index in [9.17, 15) is 9.18 Å². The highest BCUT2D eigenvalue weighted by atomic mass is 32.2. The van der Waals surface area contributed by atoms with Crippen LogP contribution < -0.4 is 4.74 Å². The molecule has 1 fully saturated rings. The third-order valence-electron chi connectivity index (χ3n) is 3.94. The van der Waals surface area contributed by atoms with E-state index in [0.29, 0.717) is 24.0 Å². The first kappa shape index (κ1) is 17.7. The quantitative estimate of drug-likeness (QED) is 0.766. The normalized spacial score (nSPS) is 17.4. The number of thioether (sulfide) groups is 1. The van der Waals surface area contributed by atoms with E-state index in [1.165, 1.54) is 23.9 Å². The van der Waals surface area contributed by atoms with Gasteiger partial charge in [0.05, 0.1) is 12.3 Å². The Morgan fingerprint density at radius 2 is 2.16 bits per heavy atom. The van der Waals surface area contributed by atoms with Crippen LogP contribution >= 0.6 is 11.8 Å². The summed E-state index contributed by atoms with van der Waals surface area (Å²) in [6.45, 7) is 3.12. The van der Waals surface area contributed by atoms with E-state index in [1.807, 2.05) is 11.8 Å². The lowest BCUT2D eigenvalue weighted by Gasteiger charge is -2.32. The Bertz CT molecular complexity index is 727. The molecule has 1 aliphatic heterocycles. The van der Waals surface area contributed by atoms with Crippen molar-refractivity contribution in [3.05, 3.63) is 48.2 Å². The molecule has 5 nitrogen and oxygen atoms in total. The molecule has 0 radical (unpaired) electrons. The number of halogens is 1. The first-order valence-corrected chi connectivity index (χ1v) is 9.21. The van der Waals surface area contributed by atoms with Gasteiger partial charge in [0.25, 0.3) is 0 Å². The lowest BCUT2D eigenvalue weighted by atomic mass is 10.1. The fourth-order valence-electron chi connectivity index (χ4n) is 2.70. The zero-order valence-corrected chi connectivity index (χ0v) is 14.8. The molecule has 1 amide bonds. The third kappa shape index (κ3) is 5.16. The number of hydrogen-bond donors (Lipinski definition) is 0. The van der Waals surface area contributed by atoms with Crippen molar-refractivity contribution in [2.75, 3.05) is 18.8 Å². The van der Waals surface area contributed by atoms with Crippen LogP contribution in [0.5, 0.6) is 5.88 Å². The van der Waals surface area contributed by atoms with Gasteiger partial charge in [-0.15, -0.1) is 11.8 Å². The van der Waals surface area contributed by atoms with Gasteiger partial charge in [0.15, 0.2) is 0 Å². The van der Waals surface area contributed by atoms with Gasteiger partial charge in [-0.1, -0.05) is 0 Å². The molecule has 1 aliphatic rings. The van der Waals surface area contributed by atoms with Crippen molar-refractivity contribution < 1.29 is 13.9 Å². The number of carbonyl (C=O) groups is 1. The summed E-state index contributed by atoms with van der Waals surface area (Å²) in [4.78, 5) is 23.5. The van der Waals surface area contributed by atoms with E-state index in [0.717, 1.165) is 24.3 Å². The van der Waals surface area contributed by atoms with Crippen molar-refractivity contribution in [3.8, 4) is 5.88 Å². The fraction of sp³-hybridized carbons (Fsp3) is 0.389. The molecule has 132 valence electrons. The number of aromatic nitrogens is 2. The monoisotopic (exact) mass is 361 g/mol. The van der Waals surface area contributed by atoms with Gasteiger partial charge in [0, 0.05) is 23.7 Å². The molecule has 1 atom stereocenters. The fourth-order valence-corrected chi connectivity index (χ4v) is 3.50. The topological polar surface area (TPSA) is 55.3 Å². The molecular formula is C18H20FN3O2S. The zero-order valence-electron chi connectivity index (χ0n) is 14.0. The number of rotatable bonds is 5. The van der Waals surface area contributed by atoms with Crippen LogP contribution in [0.1, 0.15) is 18.7 Å². The Labute approximate surface area is 150 Å². The van der Waals surface area contributed by atoms with Crippen LogP contribution in [-0.2, 0) is 4.79 Å². The number of ether oxygens (including phenoxy) is 1. The zero-order chi connectivity index (χ0) is 17.6. The van der Waals surface area contributed by atoms with Crippen molar-refractivity contribution in [2.45, 2.75) is 30.8 Å². The van der Waals surface area contributed by atoms with Crippen molar-refractivity contribution in [2.24, 2.45) is 0 Å². The Morgan fingerprint density at radius 3 is 2.92 bits per heavy atom. The maximum atomic E-state index is 12.9. The number of piperidine rings is 1. The van der Waals surface area contributed by atoms with Crippen LogP contribution in [0.25, 0.3) is 0 Å². The number of nitrogens with zero attached hydrogens (tertiary/aromatic N) is 3. The Morgan fingerprint density at radius 1 is 1.36 bits per heavy atom. The predicted molar refractivity (Wildman–Crippen MR) is 94.1 cm³/mol. The summed E-state index contributed by atoms with van der Waals surface area (Å²) in [5.74, 6) is 1.35. The summed E-state index contributed by atoms with van der Waals surface area (Å²) in [5.41, 5.74) is 0. The highest BCUT2D eigenvalue weighted by Gasteiger charge is 2.25. The van der Waals surface area contributed by atoms with Crippen LogP contribution in [0.4, 0.5) is 4.39 Å². The van der Waals surface area contributed by atoms with Gasteiger partial charge in [-0.25, -0.2) is 9.37 Å². The lowest BCUT2D eigenvalue weighted by Crippen LogP contribution is -2.45. The van der Waals surface area contributed by atoms with E-state index in [2.05, 4.69) is 9.97 Å². The van der Waals surface area contributed by atoms with Crippen molar-refractivity contribution in [1.29, 1.82) is 0 Å². The van der Waals surface area contributed by atoms with Gasteiger partial charge in [0.2, 0.25) is 11.8 Å². The molecule has 0 N–H and O–H groups in total. The molecule has 1 aromatic carbocycles. The average Bonchev–Trinajstić information content (AvgIpc) is 2.61. The summed E-state index contributed by atoms with van der Waals surface area (Å²) in [6.07, 6.45) is 3.42.